The summed E-state index contributed by atoms with van der Waals surface area (Å²) in [5, 5.41) is 0. The van der Waals surface area contributed by atoms with Crippen molar-refractivity contribution in [2.45, 2.75) is 115 Å². The Hall–Kier alpha value is -3.23. The maximum absolute atomic E-state index is 14.4. The Balaban J connectivity index is 1.35. The highest BCUT2D eigenvalue weighted by Gasteiger charge is 2.54. The topological polar surface area (TPSA) is 108 Å². The van der Waals surface area contributed by atoms with Gasteiger partial charge < -0.3 is 23.9 Å². The van der Waals surface area contributed by atoms with E-state index in [9.17, 15) is 14.4 Å². The summed E-state index contributed by atoms with van der Waals surface area (Å²) in [4.78, 5) is 52.0. The minimum Gasteiger partial charge on any atom is -0.497 e. The number of methoxy groups -OCH3 is 1. The van der Waals surface area contributed by atoms with Crippen molar-refractivity contribution in [1.29, 1.82) is 0 Å². The summed E-state index contributed by atoms with van der Waals surface area (Å²) in [6.07, 6.45) is 11.9. The van der Waals surface area contributed by atoms with Crippen LogP contribution in [0.2, 0.25) is 0 Å². The third-order valence-electron chi connectivity index (χ3n) is 10.8. The van der Waals surface area contributed by atoms with Gasteiger partial charge in [0, 0.05) is 17.9 Å². The van der Waals surface area contributed by atoms with Gasteiger partial charge in [-0.2, -0.15) is 0 Å². The molecule has 6 atom stereocenters. The minimum atomic E-state index is -0.621. The molecule has 1 aromatic heterocycles. The highest BCUT2D eigenvalue weighted by atomic mass is 16.6. The van der Waals surface area contributed by atoms with Crippen LogP contribution >= 0.6 is 0 Å². The van der Waals surface area contributed by atoms with Gasteiger partial charge in [-0.3, -0.25) is 9.59 Å². The molecular formula is C35H47N3O6. The highest BCUT2D eigenvalue weighted by molar-refractivity contribution is 5.87. The molecule has 9 heteroatoms. The number of hydrogen-bond acceptors (Lipinski definition) is 8. The number of hydrogen-bond donors (Lipinski definition) is 0. The number of esters is 1. The van der Waals surface area contributed by atoms with Gasteiger partial charge in [-0.15, -0.1) is 0 Å². The lowest BCUT2D eigenvalue weighted by molar-refractivity contribution is -0.157. The first-order valence-corrected chi connectivity index (χ1v) is 16.8. The molecule has 3 heterocycles. The van der Waals surface area contributed by atoms with Gasteiger partial charge in [-0.1, -0.05) is 39.0 Å². The quantitative estimate of drug-likeness (QED) is 0.316. The minimum absolute atomic E-state index is 0.0678. The second-order valence-electron chi connectivity index (χ2n) is 13.7. The third kappa shape index (κ3) is 6.29. The van der Waals surface area contributed by atoms with Crippen LogP contribution in [-0.2, 0) is 25.5 Å². The van der Waals surface area contributed by atoms with Crippen LogP contribution in [0.4, 0.5) is 0 Å². The van der Waals surface area contributed by atoms with Crippen LogP contribution in [0, 0.1) is 23.7 Å². The number of amides is 1. The maximum Gasteiger partial charge on any atom is 0.307 e. The van der Waals surface area contributed by atoms with E-state index < -0.39 is 23.7 Å². The molecule has 6 rings (SSSR count). The van der Waals surface area contributed by atoms with E-state index in [1.807, 2.05) is 32.0 Å². The Morgan fingerprint density at radius 1 is 1.05 bits per heavy atom. The Morgan fingerprint density at radius 3 is 2.57 bits per heavy atom. The molecule has 0 unspecified atom stereocenters. The Bertz CT molecular complexity index is 1380. The molecule has 238 valence electrons. The number of carbonyl (C=O) groups excluding carboxylic acids is 3. The van der Waals surface area contributed by atoms with Crippen molar-refractivity contribution in [2.24, 2.45) is 23.7 Å². The molecule has 1 saturated heterocycles. The maximum atomic E-state index is 14.4. The molecule has 0 spiro atoms. The van der Waals surface area contributed by atoms with Gasteiger partial charge in [0.1, 0.15) is 29.4 Å². The molecule has 2 aromatic rings. The van der Waals surface area contributed by atoms with Gasteiger partial charge >= 0.3 is 5.97 Å². The van der Waals surface area contributed by atoms with E-state index in [4.69, 9.17) is 24.2 Å². The number of aldehydes is 1. The van der Waals surface area contributed by atoms with Gasteiger partial charge in [-0.25, -0.2) is 9.97 Å². The second kappa shape index (κ2) is 13.0. The number of nitrogens with zero attached hydrogens (tertiary/aromatic N) is 3. The molecular weight excluding hydrogens is 558 g/mol. The zero-order chi connectivity index (χ0) is 30.8. The standard InChI is InChI=1S/C35H47N3O6/c1-4-25-30(21-39)38-20-31(25)43-33-28(36-27-16-15-24(42-3)17-29(27)37-33)14-10-6-9-13-23-19-35(23,2)44-32(40)18-26(34(38)41)22-11-7-5-8-12-22/h15-17,21-23,25-26,30-31H,4-14,18-20H2,1-3H3/t23-,25+,26+,30-,31+,35-/m1/s1. The van der Waals surface area contributed by atoms with Crippen molar-refractivity contribution in [1.82, 2.24) is 14.9 Å². The van der Waals surface area contributed by atoms with E-state index in [1.54, 1.807) is 12.0 Å². The normalized spacial score (nSPS) is 32.1. The van der Waals surface area contributed by atoms with E-state index in [0.29, 0.717) is 35.9 Å². The number of benzene rings is 1. The van der Waals surface area contributed by atoms with Gasteiger partial charge in [0.15, 0.2) is 0 Å². The fourth-order valence-corrected chi connectivity index (χ4v) is 8.03. The Kier molecular flexibility index (Phi) is 9.11. The van der Waals surface area contributed by atoms with E-state index in [-0.39, 0.29) is 36.7 Å². The first-order chi connectivity index (χ1) is 21.3. The van der Waals surface area contributed by atoms with Crippen LogP contribution in [0.5, 0.6) is 11.6 Å². The van der Waals surface area contributed by atoms with Gasteiger partial charge in [0.05, 0.1) is 43.1 Å². The number of fused-ring (bicyclic) bond motifs is 5. The van der Waals surface area contributed by atoms with Crippen LogP contribution < -0.4 is 9.47 Å². The van der Waals surface area contributed by atoms with E-state index in [2.05, 4.69) is 0 Å². The lowest BCUT2D eigenvalue weighted by Gasteiger charge is -2.33. The smallest absolute Gasteiger partial charge is 0.307 e. The summed E-state index contributed by atoms with van der Waals surface area (Å²) in [5.74, 6) is 0.527. The molecule has 2 aliphatic heterocycles. The molecule has 0 N–H and O–H groups in total. The molecule has 44 heavy (non-hydrogen) atoms. The summed E-state index contributed by atoms with van der Waals surface area (Å²) in [6, 6.07) is 5.04. The lowest BCUT2D eigenvalue weighted by atomic mass is 9.77. The Morgan fingerprint density at radius 2 is 1.82 bits per heavy atom. The fraction of sp³-hybridized carbons (Fsp3) is 0.686. The molecule has 2 bridgehead atoms. The third-order valence-corrected chi connectivity index (χ3v) is 10.8. The molecule has 2 saturated carbocycles. The van der Waals surface area contributed by atoms with Gasteiger partial charge in [0.25, 0.3) is 0 Å². The van der Waals surface area contributed by atoms with Crippen LogP contribution in [0.25, 0.3) is 11.0 Å². The van der Waals surface area contributed by atoms with Crippen molar-refractivity contribution in [3.8, 4) is 11.6 Å². The van der Waals surface area contributed by atoms with E-state index in [1.165, 1.54) is 0 Å². The number of rotatable bonds is 4. The van der Waals surface area contributed by atoms with Gasteiger partial charge in [0.2, 0.25) is 11.8 Å². The summed E-state index contributed by atoms with van der Waals surface area (Å²) in [6.45, 7) is 4.34. The SMILES string of the molecule is CC[C@@H]1[C@@H]2CN(C(=O)[C@H](C3CCCCC3)CC(=O)O[C@]3(C)C[C@H]3CCCCCc3nc4ccc(OC)cc4nc3O2)[C@@H]1C=O. The average molecular weight is 606 g/mol. The first kappa shape index (κ1) is 30.8. The fourth-order valence-electron chi connectivity index (χ4n) is 8.03. The number of carbonyl (C=O) groups is 3. The molecule has 1 aromatic carbocycles. The highest BCUT2D eigenvalue weighted by Crippen LogP contribution is 2.50. The average Bonchev–Trinajstić information content (AvgIpc) is 3.52. The molecule has 1 amide bonds. The van der Waals surface area contributed by atoms with Crippen molar-refractivity contribution in [3.63, 3.8) is 0 Å². The predicted octanol–water partition coefficient (Wildman–Crippen LogP) is 5.85. The summed E-state index contributed by atoms with van der Waals surface area (Å²) in [5.41, 5.74) is 1.82. The zero-order valence-electron chi connectivity index (χ0n) is 26.5. The van der Waals surface area contributed by atoms with Crippen LogP contribution in [-0.4, -0.2) is 64.4 Å². The largest absolute Gasteiger partial charge is 0.497 e. The van der Waals surface area contributed by atoms with E-state index >= 15 is 0 Å². The number of ether oxygens (including phenoxy) is 3. The van der Waals surface area contributed by atoms with Crippen molar-refractivity contribution in [2.75, 3.05) is 13.7 Å². The number of aromatic nitrogens is 2. The van der Waals surface area contributed by atoms with E-state index in [0.717, 1.165) is 81.7 Å². The molecule has 4 aliphatic rings. The summed E-state index contributed by atoms with van der Waals surface area (Å²) >= 11 is 0. The zero-order valence-corrected chi connectivity index (χ0v) is 26.5. The van der Waals surface area contributed by atoms with Crippen LogP contribution in [0.3, 0.4) is 0 Å². The summed E-state index contributed by atoms with van der Waals surface area (Å²) < 4.78 is 18.2. The van der Waals surface area contributed by atoms with Crippen LogP contribution in [0.15, 0.2) is 18.2 Å². The molecule has 0 radical (unpaired) electrons. The van der Waals surface area contributed by atoms with Crippen molar-refractivity contribution >= 4 is 29.2 Å². The summed E-state index contributed by atoms with van der Waals surface area (Å²) in [7, 11) is 1.62. The predicted molar refractivity (Wildman–Crippen MR) is 165 cm³/mol. The number of aryl methyl sites for hydroxylation is 1. The van der Waals surface area contributed by atoms with Gasteiger partial charge in [-0.05, 0) is 69.9 Å². The van der Waals surface area contributed by atoms with Crippen molar-refractivity contribution < 1.29 is 28.6 Å². The molecule has 3 fully saturated rings. The first-order valence-electron chi connectivity index (χ1n) is 16.8. The van der Waals surface area contributed by atoms with Crippen LogP contribution in [0.1, 0.15) is 96.6 Å². The molecule has 2 aliphatic carbocycles. The molecule has 9 nitrogen and oxygen atoms in total. The monoisotopic (exact) mass is 605 g/mol. The lowest BCUT2D eigenvalue weighted by Crippen LogP contribution is -2.45. The van der Waals surface area contributed by atoms with Crippen molar-refractivity contribution in [3.05, 3.63) is 23.9 Å². The second-order valence-corrected chi connectivity index (χ2v) is 13.7. The Labute approximate surface area is 260 Å².